The quantitative estimate of drug-likeness (QED) is 0.366. The summed E-state index contributed by atoms with van der Waals surface area (Å²) < 4.78 is 11.4. The van der Waals surface area contributed by atoms with Gasteiger partial charge in [-0.1, -0.05) is 48.5 Å². The summed E-state index contributed by atoms with van der Waals surface area (Å²) in [6.45, 7) is 2.94. The molecule has 0 aliphatic carbocycles. The topological polar surface area (TPSA) is 71.2 Å². The highest BCUT2D eigenvalue weighted by atomic mass is 16.6. The Labute approximate surface area is 184 Å². The van der Waals surface area contributed by atoms with Crippen LogP contribution in [-0.2, 0) is 9.53 Å². The van der Waals surface area contributed by atoms with E-state index in [2.05, 4.69) is 19.8 Å². The lowest BCUT2D eigenvalue weighted by molar-refractivity contribution is -0.130. The first-order valence-corrected chi connectivity index (χ1v) is 10.6. The zero-order valence-corrected chi connectivity index (χ0v) is 17.3. The molecule has 2 aliphatic heterocycles. The van der Waals surface area contributed by atoms with Crippen LogP contribution in [0.3, 0.4) is 0 Å². The molecule has 1 aromatic heterocycles. The highest BCUT2D eigenvalue weighted by molar-refractivity contribution is 6.16. The molecule has 0 atom stereocenters. The fourth-order valence-corrected chi connectivity index (χ4v) is 4.14. The van der Waals surface area contributed by atoms with Crippen LogP contribution in [0.15, 0.2) is 88.0 Å². The van der Waals surface area contributed by atoms with Gasteiger partial charge in [0.05, 0.1) is 0 Å². The van der Waals surface area contributed by atoms with Crippen LogP contribution in [0, 0.1) is 0 Å². The summed E-state index contributed by atoms with van der Waals surface area (Å²) >= 11 is 0. The molecule has 0 amide bonds. The van der Waals surface area contributed by atoms with E-state index in [1.807, 2.05) is 66.7 Å². The largest absolute Gasteiger partial charge is 0.423 e. The van der Waals surface area contributed by atoms with Gasteiger partial charge in [-0.2, -0.15) is 4.98 Å². The predicted octanol–water partition coefficient (Wildman–Crippen LogP) is 3.95. The number of rotatable bonds is 3. The number of para-hydroxylation sites is 2. The lowest BCUT2D eigenvalue weighted by Gasteiger charge is -2.33. The summed E-state index contributed by atoms with van der Waals surface area (Å²) in [7, 11) is 0. The molecule has 0 radical (unpaired) electrons. The second-order valence-electron chi connectivity index (χ2n) is 7.83. The minimum Gasteiger partial charge on any atom is -0.423 e. The zero-order chi connectivity index (χ0) is 21.5. The van der Waals surface area contributed by atoms with Gasteiger partial charge in [0.15, 0.2) is 11.3 Å². The number of aliphatic imine (C=N–C) groups is 1. The summed E-state index contributed by atoms with van der Waals surface area (Å²) in [5, 5.41) is 2.09. The van der Waals surface area contributed by atoms with Crippen LogP contribution in [-0.4, -0.2) is 47.9 Å². The monoisotopic (exact) mass is 424 g/mol. The first-order valence-electron chi connectivity index (χ1n) is 10.6. The third-order valence-corrected chi connectivity index (χ3v) is 5.81. The van der Waals surface area contributed by atoms with Crippen molar-refractivity contribution in [2.24, 2.45) is 4.99 Å². The third kappa shape index (κ3) is 3.28. The number of cyclic esters (lactones) is 1. The summed E-state index contributed by atoms with van der Waals surface area (Å²) in [6, 6.07) is 22.3. The van der Waals surface area contributed by atoms with Crippen molar-refractivity contribution in [3.8, 4) is 0 Å². The number of hydrogen-bond acceptors (Lipinski definition) is 7. The van der Waals surface area contributed by atoms with E-state index in [-0.39, 0.29) is 0 Å². The van der Waals surface area contributed by atoms with Gasteiger partial charge in [-0.3, -0.25) is 0 Å². The Kier molecular flexibility index (Phi) is 4.38. The Morgan fingerprint density at radius 2 is 1.66 bits per heavy atom. The number of oxazole rings is 1. The molecule has 0 bridgehead atoms. The zero-order valence-electron chi connectivity index (χ0n) is 17.3. The minimum absolute atomic E-state index is 0.322. The SMILES string of the molecule is O=C1OC(c2cccc3ccccc23)=N/C1=C/N1CCN(c2nc3ccccc3o2)CC1. The second-order valence-corrected chi connectivity index (χ2v) is 7.83. The molecule has 2 aliphatic rings. The number of hydrogen-bond donors (Lipinski definition) is 0. The number of benzene rings is 3. The molecule has 3 aromatic carbocycles. The van der Waals surface area contributed by atoms with Crippen molar-refractivity contribution < 1.29 is 13.9 Å². The molecule has 4 aromatic rings. The van der Waals surface area contributed by atoms with Gasteiger partial charge in [-0.15, -0.1) is 0 Å². The fourth-order valence-electron chi connectivity index (χ4n) is 4.14. The number of piperazine rings is 1. The number of esters is 1. The Morgan fingerprint density at radius 1 is 0.875 bits per heavy atom. The first-order chi connectivity index (χ1) is 15.7. The van der Waals surface area contributed by atoms with Crippen LogP contribution < -0.4 is 4.90 Å². The second kappa shape index (κ2) is 7.53. The van der Waals surface area contributed by atoms with E-state index >= 15 is 0 Å². The minimum atomic E-state index is -0.422. The van der Waals surface area contributed by atoms with Crippen LogP contribution in [0.5, 0.6) is 0 Å². The van der Waals surface area contributed by atoms with E-state index in [0.717, 1.165) is 53.6 Å². The van der Waals surface area contributed by atoms with Crippen molar-refractivity contribution in [2.75, 3.05) is 31.1 Å². The maximum absolute atomic E-state index is 12.5. The van der Waals surface area contributed by atoms with Gasteiger partial charge < -0.3 is 19.0 Å². The molecule has 6 rings (SSSR count). The summed E-state index contributed by atoms with van der Waals surface area (Å²) in [4.78, 5) is 25.8. The number of ether oxygens (including phenoxy) is 1. The molecule has 0 saturated carbocycles. The van der Waals surface area contributed by atoms with Gasteiger partial charge in [-0.25, -0.2) is 9.79 Å². The van der Waals surface area contributed by atoms with Gasteiger partial charge in [0.2, 0.25) is 5.90 Å². The van der Waals surface area contributed by atoms with E-state index < -0.39 is 5.97 Å². The standard InChI is InChI=1S/C25H20N4O3/c30-24-21(26-23(32-24)19-9-5-7-17-6-1-2-8-18(17)19)16-28-12-14-29(15-13-28)25-27-20-10-3-4-11-22(20)31-25/h1-11,16H,12-15H2/b21-16+. The maximum Gasteiger partial charge on any atom is 0.365 e. The van der Waals surface area contributed by atoms with E-state index in [1.165, 1.54) is 0 Å². The molecular formula is C25H20N4O3. The smallest absolute Gasteiger partial charge is 0.365 e. The first kappa shape index (κ1) is 18.6. The van der Waals surface area contributed by atoms with Crippen LogP contribution in [0.2, 0.25) is 0 Å². The highest BCUT2D eigenvalue weighted by Gasteiger charge is 2.27. The van der Waals surface area contributed by atoms with E-state index in [0.29, 0.717) is 17.6 Å². The molecule has 0 spiro atoms. The molecule has 0 N–H and O–H groups in total. The maximum atomic E-state index is 12.5. The molecule has 32 heavy (non-hydrogen) atoms. The van der Waals surface area contributed by atoms with Crippen LogP contribution in [0.1, 0.15) is 5.56 Å². The van der Waals surface area contributed by atoms with Gasteiger partial charge in [-0.05, 0) is 29.0 Å². The van der Waals surface area contributed by atoms with Gasteiger partial charge >= 0.3 is 5.97 Å². The van der Waals surface area contributed by atoms with Crippen LogP contribution in [0.25, 0.3) is 21.9 Å². The third-order valence-electron chi connectivity index (χ3n) is 5.81. The highest BCUT2D eigenvalue weighted by Crippen LogP contribution is 2.25. The van der Waals surface area contributed by atoms with Crippen molar-refractivity contribution in [2.45, 2.75) is 0 Å². The van der Waals surface area contributed by atoms with Gasteiger partial charge in [0.25, 0.3) is 6.01 Å². The molecule has 3 heterocycles. The van der Waals surface area contributed by atoms with Crippen molar-refractivity contribution in [1.29, 1.82) is 0 Å². The average molecular weight is 424 g/mol. The van der Waals surface area contributed by atoms with Crippen molar-refractivity contribution >= 4 is 39.8 Å². The summed E-state index contributed by atoms with van der Waals surface area (Å²) in [5.74, 6) is -0.0718. The average Bonchev–Trinajstić information content (AvgIpc) is 3.43. The van der Waals surface area contributed by atoms with Crippen LogP contribution in [0.4, 0.5) is 6.01 Å². The number of nitrogens with zero attached hydrogens (tertiary/aromatic N) is 4. The summed E-state index contributed by atoms with van der Waals surface area (Å²) in [6.07, 6.45) is 1.80. The molecular weight excluding hydrogens is 404 g/mol. The Balaban J connectivity index is 1.20. The van der Waals surface area contributed by atoms with Crippen LogP contribution >= 0.6 is 0 Å². The molecule has 7 nitrogen and oxygen atoms in total. The Hall–Kier alpha value is -4.13. The fraction of sp³-hybridized carbons (Fsp3) is 0.160. The number of carbonyl (C=O) groups is 1. The normalized spacial score (nSPS) is 17.9. The number of aromatic nitrogens is 1. The summed E-state index contributed by atoms with van der Waals surface area (Å²) in [5.41, 5.74) is 2.79. The number of anilines is 1. The van der Waals surface area contributed by atoms with Crippen molar-refractivity contribution in [1.82, 2.24) is 9.88 Å². The molecule has 1 saturated heterocycles. The van der Waals surface area contributed by atoms with Crippen molar-refractivity contribution in [3.63, 3.8) is 0 Å². The van der Waals surface area contributed by atoms with E-state index in [9.17, 15) is 4.79 Å². The number of carbonyl (C=O) groups excluding carboxylic acids is 1. The predicted molar refractivity (Wildman–Crippen MR) is 122 cm³/mol. The van der Waals surface area contributed by atoms with Crippen molar-refractivity contribution in [3.05, 3.63) is 84.2 Å². The lowest BCUT2D eigenvalue weighted by Crippen LogP contribution is -2.44. The molecule has 7 heteroatoms. The molecule has 1 fully saturated rings. The van der Waals surface area contributed by atoms with E-state index in [1.54, 1.807) is 6.20 Å². The molecule has 158 valence electrons. The van der Waals surface area contributed by atoms with Gasteiger partial charge in [0, 0.05) is 37.9 Å². The molecule has 0 unspecified atom stereocenters. The number of fused-ring (bicyclic) bond motifs is 2. The lowest BCUT2D eigenvalue weighted by atomic mass is 10.0. The Bertz CT molecular complexity index is 1360. The van der Waals surface area contributed by atoms with E-state index in [4.69, 9.17) is 9.15 Å². The Morgan fingerprint density at radius 3 is 2.53 bits per heavy atom. The van der Waals surface area contributed by atoms with Gasteiger partial charge in [0.1, 0.15) is 5.52 Å².